The second kappa shape index (κ2) is 3.66. The quantitative estimate of drug-likeness (QED) is 0.581. The van der Waals surface area contributed by atoms with Crippen molar-refractivity contribution in [3.8, 4) is 0 Å². The minimum atomic E-state index is 0.418. The minimum Gasteiger partial charge on any atom is -0.0955 e. The van der Waals surface area contributed by atoms with Gasteiger partial charge in [0.25, 0.3) is 0 Å². The van der Waals surface area contributed by atoms with Gasteiger partial charge in [-0.25, -0.2) is 0 Å². The molecule has 0 heteroatoms. The SMILES string of the molecule is C=C(C)C1=C2CCCCC2(C)C(C)C=C1. The molecule has 0 N–H and O–H groups in total. The Balaban J connectivity index is 2.49. The van der Waals surface area contributed by atoms with Crippen LogP contribution in [0.4, 0.5) is 0 Å². The summed E-state index contributed by atoms with van der Waals surface area (Å²) in [5.74, 6) is 0.691. The Bertz CT molecular complexity index is 343. The molecule has 15 heavy (non-hydrogen) atoms. The topological polar surface area (TPSA) is 0 Å². The highest BCUT2D eigenvalue weighted by Gasteiger charge is 2.38. The highest BCUT2D eigenvalue weighted by atomic mass is 14.4. The molecule has 0 aromatic carbocycles. The summed E-state index contributed by atoms with van der Waals surface area (Å²) in [4.78, 5) is 0. The third-order valence-electron chi connectivity index (χ3n) is 4.40. The van der Waals surface area contributed by atoms with Gasteiger partial charge in [-0.05, 0) is 43.1 Å². The van der Waals surface area contributed by atoms with Gasteiger partial charge >= 0.3 is 0 Å². The number of fused-ring (bicyclic) bond motifs is 1. The Morgan fingerprint density at radius 2 is 2.20 bits per heavy atom. The molecule has 0 aromatic rings. The first-order valence-electron chi connectivity index (χ1n) is 6.13. The lowest BCUT2D eigenvalue weighted by atomic mass is 9.61. The van der Waals surface area contributed by atoms with E-state index >= 15 is 0 Å². The van der Waals surface area contributed by atoms with Crippen LogP contribution in [0, 0.1) is 11.3 Å². The molecule has 0 amide bonds. The monoisotopic (exact) mass is 202 g/mol. The second-order valence-electron chi connectivity index (χ2n) is 5.44. The molecule has 1 fully saturated rings. The predicted molar refractivity (Wildman–Crippen MR) is 66.7 cm³/mol. The molecule has 0 bridgehead atoms. The predicted octanol–water partition coefficient (Wildman–Crippen LogP) is 4.65. The van der Waals surface area contributed by atoms with E-state index in [1.807, 2.05) is 0 Å². The van der Waals surface area contributed by atoms with E-state index in [1.165, 1.54) is 36.8 Å². The fraction of sp³-hybridized carbons (Fsp3) is 0.600. The highest BCUT2D eigenvalue weighted by molar-refractivity contribution is 5.47. The largest absolute Gasteiger partial charge is 0.0955 e. The van der Waals surface area contributed by atoms with E-state index in [-0.39, 0.29) is 0 Å². The van der Waals surface area contributed by atoms with E-state index in [2.05, 4.69) is 39.5 Å². The van der Waals surface area contributed by atoms with Gasteiger partial charge in [0.05, 0.1) is 0 Å². The molecule has 0 aliphatic heterocycles. The maximum atomic E-state index is 4.12. The number of hydrogen-bond donors (Lipinski definition) is 0. The van der Waals surface area contributed by atoms with Gasteiger partial charge in [0.15, 0.2) is 0 Å². The summed E-state index contributed by atoms with van der Waals surface area (Å²) < 4.78 is 0. The molecule has 82 valence electrons. The Kier molecular flexibility index (Phi) is 2.62. The standard InChI is InChI=1S/C15H22/c1-11(2)13-9-8-12(3)15(4)10-6-5-7-14(13)15/h8-9,12H,1,5-7,10H2,2-4H3. The van der Waals surface area contributed by atoms with Crippen molar-refractivity contribution in [2.24, 2.45) is 11.3 Å². The normalized spacial score (nSPS) is 35.3. The molecule has 2 atom stereocenters. The molecule has 2 aliphatic carbocycles. The van der Waals surface area contributed by atoms with Crippen LogP contribution in [0.5, 0.6) is 0 Å². The highest BCUT2D eigenvalue weighted by Crippen LogP contribution is 2.51. The van der Waals surface area contributed by atoms with Gasteiger partial charge in [0.1, 0.15) is 0 Å². The lowest BCUT2D eigenvalue weighted by Gasteiger charge is -2.44. The fourth-order valence-corrected chi connectivity index (χ4v) is 3.13. The lowest BCUT2D eigenvalue weighted by molar-refractivity contribution is 0.231. The van der Waals surface area contributed by atoms with Crippen LogP contribution in [0.25, 0.3) is 0 Å². The van der Waals surface area contributed by atoms with Crippen molar-refractivity contribution < 1.29 is 0 Å². The summed E-state index contributed by atoms with van der Waals surface area (Å²) in [6.07, 6.45) is 10.1. The zero-order chi connectivity index (χ0) is 11.1. The molecular formula is C15H22. The maximum absolute atomic E-state index is 4.12. The lowest BCUT2D eigenvalue weighted by Crippen LogP contribution is -2.32. The average molecular weight is 202 g/mol. The summed E-state index contributed by atoms with van der Waals surface area (Å²) >= 11 is 0. The third kappa shape index (κ3) is 1.60. The third-order valence-corrected chi connectivity index (χ3v) is 4.40. The molecule has 0 saturated heterocycles. The van der Waals surface area contributed by atoms with E-state index < -0.39 is 0 Å². The van der Waals surface area contributed by atoms with Gasteiger partial charge < -0.3 is 0 Å². The van der Waals surface area contributed by atoms with E-state index in [4.69, 9.17) is 0 Å². The summed E-state index contributed by atoms with van der Waals surface area (Å²) in [6.45, 7) is 11.1. The van der Waals surface area contributed by atoms with Crippen molar-refractivity contribution in [3.05, 3.63) is 35.5 Å². The van der Waals surface area contributed by atoms with Crippen LogP contribution in [-0.2, 0) is 0 Å². The summed E-state index contributed by atoms with van der Waals surface area (Å²) in [7, 11) is 0. The smallest absolute Gasteiger partial charge is 0.00471 e. The van der Waals surface area contributed by atoms with Crippen LogP contribution in [-0.4, -0.2) is 0 Å². The molecule has 0 spiro atoms. The van der Waals surface area contributed by atoms with Gasteiger partial charge in [-0.1, -0.05) is 50.1 Å². The van der Waals surface area contributed by atoms with Crippen LogP contribution < -0.4 is 0 Å². The molecule has 0 aromatic heterocycles. The fourth-order valence-electron chi connectivity index (χ4n) is 3.13. The summed E-state index contributed by atoms with van der Waals surface area (Å²) in [6, 6.07) is 0. The van der Waals surface area contributed by atoms with E-state index in [0.717, 1.165) is 0 Å². The number of hydrogen-bond acceptors (Lipinski definition) is 0. The number of rotatable bonds is 1. The zero-order valence-corrected chi connectivity index (χ0v) is 10.3. The van der Waals surface area contributed by atoms with Crippen molar-refractivity contribution >= 4 is 0 Å². The van der Waals surface area contributed by atoms with E-state index in [0.29, 0.717) is 11.3 Å². The van der Waals surface area contributed by atoms with Gasteiger partial charge in [0, 0.05) is 0 Å². The van der Waals surface area contributed by atoms with Crippen LogP contribution in [0.2, 0.25) is 0 Å². The molecule has 1 saturated carbocycles. The van der Waals surface area contributed by atoms with Crippen LogP contribution in [0.3, 0.4) is 0 Å². The first-order valence-corrected chi connectivity index (χ1v) is 6.13. The second-order valence-corrected chi connectivity index (χ2v) is 5.44. The van der Waals surface area contributed by atoms with Gasteiger partial charge in [-0.15, -0.1) is 0 Å². The van der Waals surface area contributed by atoms with Gasteiger partial charge in [0.2, 0.25) is 0 Å². The van der Waals surface area contributed by atoms with Crippen molar-refractivity contribution in [1.29, 1.82) is 0 Å². The van der Waals surface area contributed by atoms with Crippen molar-refractivity contribution in [2.75, 3.05) is 0 Å². The Hall–Kier alpha value is -0.780. The average Bonchev–Trinajstić information content (AvgIpc) is 2.19. The zero-order valence-electron chi connectivity index (χ0n) is 10.3. The Labute approximate surface area is 93.8 Å². The molecule has 2 rings (SSSR count). The van der Waals surface area contributed by atoms with Crippen molar-refractivity contribution in [3.63, 3.8) is 0 Å². The van der Waals surface area contributed by atoms with Crippen LogP contribution in [0.1, 0.15) is 46.5 Å². The first kappa shape index (κ1) is 10.7. The molecule has 0 heterocycles. The van der Waals surface area contributed by atoms with Crippen LogP contribution in [0.15, 0.2) is 35.5 Å². The molecule has 0 nitrogen and oxygen atoms in total. The molecular weight excluding hydrogens is 180 g/mol. The Morgan fingerprint density at radius 1 is 1.47 bits per heavy atom. The molecule has 2 aliphatic rings. The maximum Gasteiger partial charge on any atom is -0.00471 e. The van der Waals surface area contributed by atoms with Gasteiger partial charge in [-0.3, -0.25) is 0 Å². The first-order chi connectivity index (χ1) is 7.05. The van der Waals surface area contributed by atoms with E-state index in [1.54, 1.807) is 5.57 Å². The summed E-state index contributed by atoms with van der Waals surface area (Å²) in [5.41, 5.74) is 4.77. The Morgan fingerprint density at radius 3 is 2.87 bits per heavy atom. The van der Waals surface area contributed by atoms with Gasteiger partial charge in [-0.2, -0.15) is 0 Å². The van der Waals surface area contributed by atoms with Crippen molar-refractivity contribution in [2.45, 2.75) is 46.5 Å². The van der Waals surface area contributed by atoms with E-state index in [9.17, 15) is 0 Å². The molecule has 0 radical (unpaired) electrons. The van der Waals surface area contributed by atoms with Crippen LogP contribution >= 0.6 is 0 Å². The van der Waals surface area contributed by atoms with Crippen molar-refractivity contribution in [1.82, 2.24) is 0 Å². The summed E-state index contributed by atoms with van der Waals surface area (Å²) in [5, 5.41) is 0. The minimum absolute atomic E-state index is 0.418. The molecule has 2 unspecified atom stereocenters. The number of allylic oxidation sites excluding steroid dienone is 5.